The lowest BCUT2D eigenvalue weighted by Crippen LogP contribution is -2.27. The molecule has 0 aliphatic heterocycles. The van der Waals surface area contributed by atoms with Crippen LogP contribution in [0.1, 0.15) is 59.8 Å². The number of carbonyl (C=O) groups is 2. The summed E-state index contributed by atoms with van der Waals surface area (Å²) in [6, 6.07) is 6.81. The summed E-state index contributed by atoms with van der Waals surface area (Å²) in [5.74, 6) is 0.808. The molecule has 1 unspecified atom stereocenters. The second kappa shape index (κ2) is 9.24. The Bertz CT molecular complexity index is 918. The SMILES string of the molecule is Cc1cc(C(C)NC(=O)c2ccnc(NC(=O)C3CC3)c2)cc(C)c1OC[C@@H](C)F. The Morgan fingerprint density at radius 3 is 2.47 bits per heavy atom. The van der Waals surface area contributed by atoms with Crippen LogP contribution in [0.3, 0.4) is 0 Å². The molecule has 1 aromatic carbocycles. The molecular weight excluding hydrogens is 385 g/mol. The number of benzene rings is 1. The van der Waals surface area contributed by atoms with Gasteiger partial charge in [0, 0.05) is 17.7 Å². The molecule has 6 nitrogen and oxygen atoms in total. The van der Waals surface area contributed by atoms with Gasteiger partial charge in [0.25, 0.3) is 5.91 Å². The number of aryl methyl sites for hydroxylation is 2. The van der Waals surface area contributed by atoms with Crippen molar-refractivity contribution in [1.82, 2.24) is 10.3 Å². The van der Waals surface area contributed by atoms with Crippen molar-refractivity contribution in [2.75, 3.05) is 11.9 Å². The zero-order valence-corrected chi connectivity index (χ0v) is 17.8. The number of halogens is 1. The van der Waals surface area contributed by atoms with Crippen LogP contribution >= 0.6 is 0 Å². The van der Waals surface area contributed by atoms with Gasteiger partial charge in [-0.15, -0.1) is 0 Å². The summed E-state index contributed by atoms with van der Waals surface area (Å²) in [5.41, 5.74) is 3.13. The highest BCUT2D eigenvalue weighted by molar-refractivity contribution is 5.97. The van der Waals surface area contributed by atoms with Crippen molar-refractivity contribution in [1.29, 1.82) is 0 Å². The van der Waals surface area contributed by atoms with E-state index in [1.54, 1.807) is 12.1 Å². The molecule has 2 N–H and O–H groups in total. The minimum Gasteiger partial charge on any atom is -0.490 e. The molecule has 30 heavy (non-hydrogen) atoms. The number of carbonyl (C=O) groups excluding carboxylic acids is 2. The van der Waals surface area contributed by atoms with Crippen molar-refractivity contribution in [3.63, 3.8) is 0 Å². The van der Waals surface area contributed by atoms with Crippen LogP contribution in [0.25, 0.3) is 0 Å². The summed E-state index contributed by atoms with van der Waals surface area (Å²) in [5, 5.41) is 5.73. The van der Waals surface area contributed by atoms with E-state index >= 15 is 0 Å². The first-order valence-electron chi connectivity index (χ1n) is 10.2. The number of hydrogen-bond donors (Lipinski definition) is 2. The first kappa shape index (κ1) is 21.7. The van der Waals surface area contributed by atoms with Crippen LogP contribution < -0.4 is 15.4 Å². The lowest BCUT2D eigenvalue weighted by molar-refractivity contribution is -0.117. The molecule has 160 valence electrons. The van der Waals surface area contributed by atoms with E-state index in [2.05, 4.69) is 15.6 Å². The molecule has 1 saturated carbocycles. The zero-order chi connectivity index (χ0) is 21.8. The van der Waals surface area contributed by atoms with Crippen molar-refractivity contribution in [2.45, 2.75) is 52.8 Å². The molecule has 0 saturated heterocycles. The molecule has 0 bridgehead atoms. The van der Waals surface area contributed by atoms with Gasteiger partial charge in [-0.3, -0.25) is 9.59 Å². The Morgan fingerprint density at radius 1 is 1.20 bits per heavy atom. The first-order chi connectivity index (χ1) is 14.2. The van der Waals surface area contributed by atoms with Crippen LogP contribution in [-0.4, -0.2) is 29.6 Å². The maximum Gasteiger partial charge on any atom is 0.251 e. The van der Waals surface area contributed by atoms with Gasteiger partial charge in [0.05, 0.1) is 6.04 Å². The van der Waals surface area contributed by atoms with Gasteiger partial charge in [0.1, 0.15) is 24.3 Å². The predicted octanol–water partition coefficient (Wildman–Crippen LogP) is 4.27. The van der Waals surface area contributed by atoms with Gasteiger partial charge in [0.15, 0.2) is 0 Å². The third kappa shape index (κ3) is 5.55. The van der Waals surface area contributed by atoms with E-state index < -0.39 is 6.17 Å². The van der Waals surface area contributed by atoms with Crippen LogP contribution in [0, 0.1) is 19.8 Å². The molecule has 2 atom stereocenters. The molecule has 7 heteroatoms. The van der Waals surface area contributed by atoms with Crippen molar-refractivity contribution >= 4 is 17.6 Å². The minimum atomic E-state index is -1.04. The van der Waals surface area contributed by atoms with Gasteiger partial charge in [-0.1, -0.05) is 12.1 Å². The number of ether oxygens (including phenoxy) is 1. The fourth-order valence-electron chi connectivity index (χ4n) is 3.24. The second-order valence-corrected chi connectivity index (χ2v) is 7.96. The van der Waals surface area contributed by atoms with Crippen LogP contribution in [0.4, 0.5) is 10.2 Å². The Balaban J connectivity index is 1.67. The Morgan fingerprint density at radius 2 is 1.87 bits per heavy atom. The standard InChI is InChI=1S/C23H28FN3O3/c1-13-9-19(10-14(2)21(13)30-12-15(3)24)16(4)26-23(29)18-7-8-25-20(11-18)27-22(28)17-5-6-17/h7-11,15-17H,5-6,12H2,1-4H3,(H,26,29)(H,25,27,28)/t15-,16?/m1/s1. The first-order valence-corrected chi connectivity index (χ1v) is 10.2. The van der Waals surface area contributed by atoms with Gasteiger partial charge in [-0.2, -0.15) is 0 Å². The summed E-state index contributed by atoms with van der Waals surface area (Å²) in [6.45, 7) is 7.17. The molecular formula is C23H28FN3O3. The maximum atomic E-state index is 13.1. The molecule has 2 amide bonds. The van der Waals surface area contributed by atoms with E-state index in [0.29, 0.717) is 17.1 Å². The molecule has 1 fully saturated rings. The number of alkyl halides is 1. The van der Waals surface area contributed by atoms with Crippen molar-refractivity contribution in [3.05, 3.63) is 52.7 Å². The van der Waals surface area contributed by atoms with Gasteiger partial charge in [0.2, 0.25) is 5.91 Å². The molecule has 2 aromatic rings. The topological polar surface area (TPSA) is 80.3 Å². The summed E-state index contributed by atoms with van der Waals surface area (Å²) in [4.78, 5) is 28.7. The zero-order valence-electron chi connectivity index (χ0n) is 17.8. The average Bonchev–Trinajstić information content (AvgIpc) is 3.52. The minimum absolute atomic E-state index is 0.00891. The lowest BCUT2D eigenvalue weighted by atomic mass is 10.0. The number of rotatable bonds is 8. The highest BCUT2D eigenvalue weighted by atomic mass is 19.1. The van der Waals surface area contributed by atoms with Crippen molar-refractivity contribution in [3.8, 4) is 5.75 Å². The van der Waals surface area contributed by atoms with Crippen LogP contribution in [-0.2, 0) is 4.79 Å². The van der Waals surface area contributed by atoms with E-state index in [4.69, 9.17) is 4.74 Å². The van der Waals surface area contributed by atoms with E-state index in [-0.39, 0.29) is 30.4 Å². The van der Waals surface area contributed by atoms with Gasteiger partial charge >= 0.3 is 0 Å². The smallest absolute Gasteiger partial charge is 0.251 e. The van der Waals surface area contributed by atoms with Crippen molar-refractivity contribution < 1.29 is 18.7 Å². The molecule has 3 rings (SSSR count). The van der Waals surface area contributed by atoms with E-state index in [0.717, 1.165) is 29.5 Å². The van der Waals surface area contributed by atoms with Crippen LogP contribution in [0.15, 0.2) is 30.5 Å². The van der Waals surface area contributed by atoms with E-state index in [9.17, 15) is 14.0 Å². The van der Waals surface area contributed by atoms with Gasteiger partial charge in [-0.25, -0.2) is 9.37 Å². The van der Waals surface area contributed by atoms with E-state index in [1.165, 1.54) is 13.1 Å². The van der Waals surface area contributed by atoms with Crippen molar-refractivity contribution in [2.24, 2.45) is 5.92 Å². The number of amides is 2. The largest absolute Gasteiger partial charge is 0.490 e. The molecule has 0 radical (unpaired) electrons. The maximum absolute atomic E-state index is 13.1. The molecule has 0 spiro atoms. The summed E-state index contributed by atoms with van der Waals surface area (Å²) in [6.07, 6.45) is 2.27. The second-order valence-electron chi connectivity index (χ2n) is 7.96. The normalized spacial score (nSPS) is 15.2. The Kier molecular flexibility index (Phi) is 6.70. The summed E-state index contributed by atoms with van der Waals surface area (Å²) in [7, 11) is 0. The molecule has 1 heterocycles. The number of anilines is 1. The third-order valence-corrected chi connectivity index (χ3v) is 5.01. The highest BCUT2D eigenvalue weighted by Crippen LogP contribution is 2.30. The molecule has 1 aromatic heterocycles. The number of nitrogens with zero attached hydrogens (tertiary/aromatic N) is 1. The Labute approximate surface area is 176 Å². The third-order valence-electron chi connectivity index (χ3n) is 5.01. The van der Waals surface area contributed by atoms with Crippen LogP contribution in [0.5, 0.6) is 5.75 Å². The van der Waals surface area contributed by atoms with Gasteiger partial charge < -0.3 is 15.4 Å². The monoisotopic (exact) mass is 413 g/mol. The van der Waals surface area contributed by atoms with Gasteiger partial charge in [-0.05, 0) is 69.4 Å². The average molecular weight is 413 g/mol. The summed E-state index contributed by atoms with van der Waals surface area (Å²) >= 11 is 0. The highest BCUT2D eigenvalue weighted by Gasteiger charge is 2.29. The molecule has 1 aliphatic rings. The number of aromatic nitrogens is 1. The Hall–Kier alpha value is -2.96. The fraction of sp³-hybridized carbons (Fsp3) is 0.435. The quantitative estimate of drug-likeness (QED) is 0.677. The number of pyridine rings is 1. The number of hydrogen-bond acceptors (Lipinski definition) is 4. The van der Waals surface area contributed by atoms with Crippen LogP contribution in [0.2, 0.25) is 0 Å². The lowest BCUT2D eigenvalue weighted by Gasteiger charge is -2.19. The van der Waals surface area contributed by atoms with E-state index in [1.807, 2.05) is 32.9 Å². The number of nitrogens with one attached hydrogen (secondary N) is 2. The predicted molar refractivity (Wildman–Crippen MR) is 113 cm³/mol. The fourth-order valence-corrected chi connectivity index (χ4v) is 3.24. The molecule has 1 aliphatic carbocycles. The summed E-state index contributed by atoms with van der Waals surface area (Å²) < 4.78 is 18.7.